The molecule has 1 unspecified atom stereocenters. The summed E-state index contributed by atoms with van der Waals surface area (Å²) in [5.41, 5.74) is 6.80. The molecule has 1 saturated heterocycles. The molecule has 0 radical (unpaired) electrons. The average Bonchev–Trinajstić information content (AvgIpc) is 3.15. The van der Waals surface area contributed by atoms with E-state index in [1.54, 1.807) is 17.6 Å². The zero-order chi connectivity index (χ0) is 14.7. The highest BCUT2D eigenvalue weighted by Gasteiger charge is 2.18. The Kier molecular flexibility index (Phi) is 4.21. The molecular weight excluding hydrogens is 288 g/mol. The van der Waals surface area contributed by atoms with Crippen molar-refractivity contribution in [2.45, 2.75) is 19.6 Å². The Hall–Kier alpha value is -1.86. The molecule has 7 heteroatoms. The lowest BCUT2D eigenvalue weighted by molar-refractivity contribution is 0.00528. The summed E-state index contributed by atoms with van der Waals surface area (Å²) in [6.07, 6.45) is 1.82. The molecule has 0 aliphatic carbocycles. The number of hydrogen-bond acceptors (Lipinski definition) is 5. The van der Waals surface area contributed by atoms with E-state index in [0.717, 1.165) is 23.7 Å². The van der Waals surface area contributed by atoms with Gasteiger partial charge in [-0.1, -0.05) is 6.07 Å². The fourth-order valence-electron chi connectivity index (χ4n) is 2.18. The van der Waals surface area contributed by atoms with Gasteiger partial charge in [-0.25, -0.2) is 9.98 Å². The zero-order valence-electron chi connectivity index (χ0n) is 11.9. The Morgan fingerprint density at radius 1 is 1.62 bits per heavy atom. The summed E-state index contributed by atoms with van der Waals surface area (Å²) in [6, 6.07) is 3.95. The normalized spacial score (nSPS) is 20.0. The molecule has 2 aromatic rings. The Labute approximate surface area is 127 Å². The Morgan fingerprint density at radius 2 is 2.52 bits per heavy atom. The van der Waals surface area contributed by atoms with Crippen LogP contribution in [0.1, 0.15) is 12.6 Å². The molecule has 112 valence electrons. The number of aliphatic imine (C=N–C) groups is 1. The van der Waals surface area contributed by atoms with Crippen molar-refractivity contribution in [1.82, 2.24) is 9.88 Å². The molecule has 6 nitrogen and oxygen atoms in total. The number of rotatable bonds is 3. The van der Waals surface area contributed by atoms with Crippen molar-refractivity contribution in [2.24, 2.45) is 10.7 Å². The van der Waals surface area contributed by atoms with E-state index in [2.05, 4.69) is 9.98 Å². The van der Waals surface area contributed by atoms with E-state index in [0.29, 0.717) is 25.0 Å². The summed E-state index contributed by atoms with van der Waals surface area (Å²) in [5.74, 6) is 1.17. The highest BCUT2D eigenvalue weighted by atomic mass is 32.1. The zero-order valence-corrected chi connectivity index (χ0v) is 12.7. The lowest BCUT2D eigenvalue weighted by Gasteiger charge is -2.31. The van der Waals surface area contributed by atoms with Crippen LogP contribution in [0.3, 0.4) is 0 Å². The largest absolute Gasteiger partial charge is 0.443 e. The standard InChI is InChI=1S/C14H18N4O2S/c1-10-8-18(4-5-19-10)14(15)16-7-11-9-20-13(17-11)12-3-2-6-21-12/h2-3,6,9-10H,4-5,7-8H2,1H3,(H2,15,16). The second-order valence-electron chi connectivity index (χ2n) is 4.92. The Balaban J connectivity index is 1.62. The van der Waals surface area contributed by atoms with Gasteiger partial charge in [-0.3, -0.25) is 0 Å². The van der Waals surface area contributed by atoms with Crippen LogP contribution in [-0.4, -0.2) is 41.6 Å². The molecule has 2 aromatic heterocycles. The van der Waals surface area contributed by atoms with Gasteiger partial charge in [-0.2, -0.15) is 0 Å². The van der Waals surface area contributed by atoms with Gasteiger partial charge < -0.3 is 19.8 Å². The van der Waals surface area contributed by atoms with Crippen LogP contribution in [0.5, 0.6) is 0 Å². The summed E-state index contributed by atoms with van der Waals surface area (Å²) < 4.78 is 10.9. The molecule has 3 rings (SSSR count). The molecule has 1 aliphatic rings. The lowest BCUT2D eigenvalue weighted by Crippen LogP contribution is -2.47. The van der Waals surface area contributed by atoms with Gasteiger partial charge >= 0.3 is 0 Å². The second-order valence-corrected chi connectivity index (χ2v) is 5.87. The van der Waals surface area contributed by atoms with Crippen molar-refractivity contribution >= 4 is 17.3 Å². The van der Waals surface area contributed by atoms with Crippen molar-refractivity contribution in [2.75, 3.05) is 19.7 Å². The molecule has 0 aromatic carbocycles. The van der Waals surface area contributed by atoms with Crippen LogP contribution >= 0.6 is 11.3 Å². The number of hydrogen-bond donors (Lipinski definition) is 1. The SMILES string of the molecule is CC1CN(C(N)=NCc2coc(-c3cccs3)n2)CCO1. The molecule has 0 bridgehead atoms. The fourth-order valence-corrected chi connectivity index (χ4v) is 2.84. The Morgan fingerprint density at radius 3 is 3.29 bits per heavy atom. The van der Waals surface area contributed by atoms with Gasteiger partial charge in [-0.15, -0.1) is 11.3 Å². The third kappa shape index (κ3) is 3.43. The molecule has 1 aliphatic heterocycles. The first-order valence-corrected chi connectivity index (χ1v) is 7.75. The van der Waals surface area contributed by atoms with E-state index in [1.165, 1.54) is 0 Å². The summed E-state index contributed by atoms with van der Waals surface area (Å²) in [6.45, 7) is 4.69. The number of nitrogens with two attached hydrogens (primary N) is 1. The van der Waals surface area contributed by atoms with Crippen LogP contribution < -0.4 is 5.73 Å². The summed E-state index contributed by atoms with van der Waals surface area (Å²) >= 11 is 1.60. The summed E-state index contributed by atoms with van der Waals surface area (Å²) in [7, 11) is 0. The molecule has 0 amide bonds. The maximum Gasteiger partial charge on any atom is 0.236 e. The number of thiophene rings is 1. The number of oxazole rings is 1. The van der Waals surface area contributed by atoms with Gasteiger partial charge in [0.05, 0.1) is 24.1 Å². The summed E-state index contributed by atoms with van der Waals surface area (Å²) in [5, 5.41) is 1.99. The van der Waals surface area contributed by atoms with Crippen molar-refractivity contribution in [3.63, 3.8) is 0 Å². The van der Waals surface area contributed by atoms with Gasteiger partial charge in [0.1, 0.15) is 12.0 Å². The molecule has 2 N–H and O–H groups in total. The van der Waals surface area contributed by atoms with Gasteiger partial charge in [0.2, 0.25) is 5.89 Å². The lowest BCUT2D eigenvalue weighted by atomic mass is 10.3. The molecular formula is C14H18N4O2S. The molecule has 1 fully saturated rings. The van der Waals surface area contributed by atoms with E-state index in [4.69, 9.17) is 14.9 Å². The van der Waals surface area contributed by atoms with Gasteiger partial charge in [-0.05, 0) is 18.4 Å². The minimum absolute atomic E-state index is 0.185. The van der Waals surface area contributed by atoms with Gasteiger partial charge in [0.15, 0.2) is 5.96 Å². The van der Waals surface area contributed by atoms with Crippen LogP contribution in [0.2, 0.25) is 0 Å². The van der Waals surface area contributed by atoms with Gasteiger partial charge in [0, 0.05) is 13.1 Å². The van der Waals surface area contributed by atoms with E-state index in [1.807, 2.05) is 29.3 Å². The minimum Gasteiger partial charge on any atom is -0.443 e. The highest BCUT2D eigenvalue weighted by molar-refractivity contribution is 7.13. The third-order valence-corrected chi connectivity index (χ3v) is 4.11. The first-order chi connectivity index (χ1) is 10.2. The van der Waals surface area contributed by atoms with E-state index in [-0.39, 0.29) is 6.10 Å². The van der Waals surface area contributed by atoms with Crippen LogP contribution in [0.4, 0.5) is 0 Å². The highest BCUT2D eigenvalue weighted by Crippen LogP contribution is 2.23. The first-order valence-electron chi connectivity index (χ1n) is 6.87. The quantitative estimate of drug-likeness (QED) is 0.692. The molecule has 3 heterocycles. The molecule has 21 heavy (non-hydrogen) atoms. The predicted molar refractivity (Wildman–Crippen MR) is 82.1 cm³/mol. The smallest absolute Gasteiger partial charge is 0.236 e. The number of morpholine rings is 1. The van der Waals surface area contributed by atoms with E-state index in [9.17, 15) is 0 Å². The predicted octanol–water partition coefficient (Wildman–Crippen LogP) is 1.94. The average molecular weight is 306 g/mol. The molecule has 1 atom stereocenters. The summed E-state index contributed by atoms with van der Waals surface area (Å²) in [4.78, 5) is 11.9. The maximum atomic E-state index is 6.02. The first kappa shape index (κ1) is 14.1. The third-order valence-electron chi connectivity index (χ3n) is 3.25. The van der Waals surface area contributed by atoms with Crippen molar-refractivity contribution < 1.29 is 9.15 Å². The van der Waals surface area contributed by atoms with E-state index >= 15 is 0 Å². The number of nitrogens with zero attached hydrogens (tertiary/aromatic N) is 3. The topological polar surface area (TPSA) is 76.9 Å². The van der Waals surface area contributed by atoms with Crippen molar-refractivity contribution in [3.8, 4) is 10.8 Å². The number of guanidine groups is 1. The van der Waals surface area contributed by atoms with Crippen LogP contribution in [0, 0.1) is 0 Å². The molecule has 0 spiro atoms. The van der Waals surface area contributed by atoms with Crippen LogP contribution in [0.15, 0.2) is 33.2 Å². The minimum atomic E-state index is 0.185. The molecule has 0 saturated carbocycles. The second kappa shape index (κ2) is 6.28. The fraction of sp³-hybridized carbons (Fsp3) is 0.429. The van der Waals surface area contributed by atoms with Crippen LogP contribution in [0.25, 0.3) is 10.8 Å². The van der Waals surface area contributed by atoms with Crippen LogP contribution in [-0.2, 0) is 11.3 Å². The van der Waals surface area contributed by atoms with Crippen molar-refractivity contribution in [1.29, 1.82) is 0 Å². The monoisotopic (exact) mass is 306 g/mol. The maximum absolute atomic E-state index is 6.02. The number of ether oxygens (including phenoxy) is 1. The Bertz CT molecular complexity index is 608. The van der Waals surface area contributed by atoms with Crippen molar-refractivity contribution in [3.05, 3.63) is 29.5 Å². The van der Waals surface area contributed by atoms with Gasteiger partial charge in [0.25, 0.3) is 0 Å². The van der Waals surface area contributed by atoms with E-state index < -0.39 is 0 Å². The number of aromatic nitrogens is 1.